The van der Waals surface area contributed by atoms with Crippen LogP contribution >= 0.6 is 38.5 Å². The van der Waals surface area contributed by atoms with E-state index in [0.29, 0.717) is 27.2 Å². The summed E-state index contributed by atoms with van der Waals surface area (Å²) in [7, 11) is 1.49. The average molecular weight is 607 g/mol. The third-order valence-corrected chi connectivity index (χ3v) is 5.57. The van der Waals surface area contributed by atoms with E-state index in [1.165, 1.54) is 25.3 Å². The molecule has 3 rings (SSSR count). The van der Waals surface area contributed by atoms with Gasteiger partial charge in [0.15, 0.2) is 11.5 Å². The van der Waals surface area contributed by atoms with Crippen molar-refractivity contribution in [2.75, 3.05) is 12.4 Å². The van der Waals surface area contributed by atoms with Crippen molar-refractivity contribution in [3.63, 3.8) is 0 Å². The van der Waals surface area contributed by atoms with Crippen LogP contribution in [0.4, 0.5) is 10.1 Å². The monoisotopic (exact) mass is 606 g/mol. The Kier molecular flexibility index (Phi) is 8.25. The van der Waals surface area contributed by atoms with E-state index in [1.54, 1.807) is 36.4 Å². The van der Waals surface area contributed by atoms with E-state index in [1.807, 2.05) is 18.2 Å². The second kappa shape index (κ2) is 11.1. The molecule has 0 atom stereocenters. The van der Waals surface area contributed by atoms with Crippen LogP contribution in [0.15, 0.2) is 70.7 Å². The summed E-state index contributed by atoms with van der Waals surface area (Å²) < 4.78 is 25.9. The molecule has 0 aromatic heterocycles. The molecule has 5 nitrogen and oxygen atoms in total. The number of ether oxygens (including phenoxy) is 2. The molecular formula is C24H17BrFIN2O3. The van der Waals surface area contributed by atoms with Crippen molar-refractivity contribution in [3.05, 3.63) is 91.2 Å². The number of benzene rings is 3. The fourth-order valence-corrected chi connectivity index (χ4v) is 3.90. The number of nitriles is 1. The van der Waals surface area contributed by atoms with E-state index >= 15 is 0 Å². The average Bonchev–Trinajstić information content (AvgIpc) is 2.77. The Balaban J connectivity index is 1.81. The SMILES string of the molecule is COc1cc(/C=C(\C#N)C(=O)Nc2cccc(I)c2)cc(Br)c1OCc1ccc(F)cc1. The van der Waals surface area contributed by atoms with Crippen LogP contribution in [0.25, 0.3) is 6.08 Å². The molecule has 0 fully saturated rings. The second-order valence-electron chi connectivity index (χ2n) is 6.58. The zero-order chi connectivity index (χ0) is 23.1. The smallest absolute Gasteiger partial charge is 0.266 e. The van der Waals surface area contributed by atoms with Crippen molar-refractivity contribution in [2.45, 2.75) is 6.61 Å². The summed E-state index contributed by atoms with van der Waals surface area (Å²) in [4.78, 5) is 12.6. The molecule has 1 N–H and O–H groups in total. The largest absolute Gasteiger partial charge is 0.493 e. The van der Waals surface area contributed by atoms with Gasteiger partial charge in [-0.25, -0.2) is 4.39 Å². The lowest BCUT2D eigenvalue weighted by atomic mass is 10.1. The lowest BCUT2D eigenvalue weighted by Crippen LogP contribution is -2.13. The van der Waals surface area contributed by atoms with E-state index in [0.717, 1.165) is 9.13 Å². The van der Waals surface area contributed by atoms with Gasteiger partial charge in [-0.3, -0.25) is 4.79 Å². The number of carbonyl (C=O) groups is 1. The van der Waals surface area contributed by atoms with Gasteiger partial charge in [-0.1, -0.05) is 18.2 Å². The Hall–Kier alpha value is -2.90. The topological polar surface area (TPSA) is 71.3 Å². The number of rotatable bonds is 7. The molecule has 0 heterocycles. The molecule has 0 aliphatic rings. The third-order valence-electron chi connectivity index (χ3n) is 4.31. The minimum Gasteiger partial charge on any atom is -0.493 e. The fourth-order valence-electron chi connectivity index (χ4n) is 2.78. The highest BCUT2D eigenvalue weighted by molar-refractivity contribution is 14.1. The number of nitrogens with zero attached hydrogens (tertiary/aromatic N) is 1. The first-order chi connectivity index (χ1) is 15.4. The molecule has 1 amide bonds. The van der Waals surface area contributed by atoms with Gasteiger partial charge < -0.3 is 14.8 Å². The maximum atomic E-state index is 13.1. The first kappa shape index (κ1) is 23.8. The van der Waals surface area contributed by atoms with E-state index < -0.39 is 5.91 Å². The van der Waals surface area contributed by atoms with Crippen LogP contribution in [-0.2, 0) is 11.4 Å². The molecule has 0 saturated carbocycles. The predicted molar refractivity (Wildman–Crippen MR) is 133 cm³/mol. The Morgan fingerprint density at radius 2 is 1.97 bits per heavy atom. The van der Waals surface area contributed by atoms with Gasteiger partial charge >= 0.3 is 0 Å². The third kappa shape index (κ3) is 6.31. The molecule has 8 heteroatoms. The van der Waals surface area contributed by atoms with Gasteiger partial charge in [0, 0.05) is 9.26 Å². The minimum absolute atomic E-state index is 0.0576. The van der Waals surface area contributed by atoms with Crippen LogP contribution in [0.2, 0.25) is 0 Å². The minimum atomic E-state index is -0.513. The molecule has 0 aliphatic heterocycles. The zero-order valence-corrected chi connectivity index (χ0v) is 20.6. The molecule has 0 unspecified atom stereocenters. The van der Waals surface area contributed by atoms with Gasteiger partial charge in [0.2, 0.25) is 0 Å². The second-order valence-corrected chi connectivity index (χ2v) is 8.68. The van der Waals surface area contributed by atoms with Gasteiger partial charge in [0.05, 0.1) is 11.6 Å². The normalized spacial score (nSPS) is 10.9. The van der Waals surface area contributed by atoms with E-state index in [-0.39, 0.29) is 18.0 Å². The summed E-state index contributed by atoms with van der Waals surface area (Å²) in [6.45, 7) is 0.214. The summed E-state index contributed by atoms with van der Waals surface area (Å²) in [5.74, 6) is 0.0445. The molecule has 162 valence electrons. The molecule has 0 saturated heterocycles. The van der Waals surface area contributed by atoms with Gasteiger partial charge in [-0.15, -0.1) is 0 Å². The Bertz CT molecular complexity index is 1210. The number of methoxy groups -OCH3 is 1. The van der Waals surface area contributed by atoms with Gasteiger partial charge in [0.1, 0.15) is 24.1 Å². The highest BCUT2D eigenvalue weighted by Crippen LogP contribution is 2.37. The standard InChI is InChI=1S/C24H17BrFIN2O3/c1-31-22-11-16(9-17(13-28)24(30)29-20-4-2-3-19(27)12-20)10-21(25)23(22)32-14-15-5-7-18(26)8-6-15/h2-12H,14H2,1H3,(H,29,30)/b17-9+. The van der Waals surface area contributed by atoms with Crippen molar-refractivity contribution in [2.24, 2.45) is 0 Å². The summed E-state index contributed by atoms with van der Waals surface area (Å²) in [6, 6.07) is 18.6. The molecule has 0 spiro atoms. The number of anilines is 1. The summed E-state index contributed by atoms with van der Waals surface area (Å²) in [5.41, 5.74) is 1.92. The van der Waals surface area contributed by atoms with Crippen LogP contribution in [0.3, 0.4) is 0 Å². The lowest BCUT2D eigenvalue weighted by Gasteiger charge is -2.14. The quantitative estimate of drug-likeness (QED) is 0.194. The van der Waals surface area contributed by atoms with E-state index in [4.69, 9.17) is 9.47 Å². The van der Waals surface area contributed by atoms with Crippen molar-refractivity contribution in [1.82, 2.24) is 0 Å². The lowest BCUT2D eigenvalue weighted by molar-refractivity contribution is -0.112. The maximum Gasteiger partial charge on any atom is 0.266 e. The van der Waals surface area contributed by atoms with Crippen LogP contribution in [0.1, 0.15) is 11.1 Å². The van der Waals surface area contributed by atoms with Crippen LogP contribution < -0.4 is 14.8 Å². The molecule has 3 aromatic carbocycles. The first-order valence-electron chi connectivity index (χ1n) is 9.33. The number of amides is 1. The zero-order valence-electron chi connectivity index (χ0n) is 16.9. The van der Waals surface area contributed by atoms with Crippen molar-refractivity contribution >= 4 is 56.2 Å². The van der Waals surface area contributed by atoms with Crippen molar-refractivity contribution in [1.29, 1.82) is 5.26 Å². The van der Waals surface area contributed by atoms with Crippen molar-refractivity contribution < 1.29 is 18.7 Å². The number of nitrogens with one attached hydrogen (secondary N) is 1. The molecule has 32 heavy (non-hydrogen) atoms. The first-order valence-corrected chi connectivity index (χ1v) is 11.2. The Labute approximate surface area is 207 Å². The molecule has 0 bridgehead atoms. The Morgan fingerprint density at radius 1 is 1.22 bits per heavy atom. The van der Waals surface area contributed by atoms with E-state index in [9.17, 15) is 14.4 Å². The van der Waals surface area contributed by atoms with Gasteiger partial charge in [-0.05, 0) is 98.2 Å². The van der Waals surface area contributed by atoms with Gasteiger partial charge in [0.25, 0.3) is 5.91 Å². The summed E-state index contributed by atoms with van der Waals surface area (Å²) >= 11 is 5.60. The summed E-state index contributed by atoms with van der Waals surface area (Å²) in [6.07, 6.45) is 1.47. The number of carbonyl (C=O) groups excluding carboxylic acids is 1. The number of hydrogen-bond donors (Lipinski definition) is 1. The predicted octanol–water partition coefficient (Wildman–Crippen LogP) is 6.33. The Morgan fingerprint density at radius 3 is 2.62 bits per heavy atom. The number of hydrogen-bond acceptors (Lipinski definition) is 4. The molecule has 3 aromatic rings. The van der Waals surface area contributed by atoms with Crippen LogP contribution in [-0.4, -0.2) is 13.0 Å². The summed E-state index contributed by atoms with van der Waals surface area (Å²) in [5, 5.41) is 12.2. The highest BCUT2D eigenvalue weighted by atomic mass is 127. The number of halogens is 3. The van der Waals surface area contributed by atoms with Crippen molar-refractivity contribution in [3.8, 4) is 17.6 Å². The van der Waals surface area contributed by atoms with E-state index in [2.05, 4.69) is 43.8 Å². The van der Waals surface area contributed by atoms with Gasteiger partial charge in [-0.2, -0.15) is 5.26 Å². The molecular weight excluding hydrogens is 590 g/mol. The van der Waals surface area contributed by atoms with Crippen LogP contribution in [0, 0.1) is 20.7 Å². The molecule has 0 radical (unpaired) electrons. The fraction of sp³-hybridized carbons (Fsp3) is 0.0833. The highest BCUT2D eigenvalue weighted by Gasteiger charge is 2.14. The maximum absolute atomic E-state index is 13.1. The van der Waals surface area contributed by atoms with Crippen LogP contribution in [0.5, 0.6) is 11.5 Å². The molecule has 0 aliphatic carbocycles.